The van der Waals surface area contributed by atoms with Crippen LogP contribution in [-0.2, 0) is 27.4 Å². The van der Waals surface area contributed by atoms with E-state index >= 15 is 0 Å². The maximum absolute atomic E-state index is 12.7. The molecule has 0 unspecified atom stereocenters. The second-order valence-corrected chi connectivity index (χ2v) is 9.33. The van der Waals surface area contributed by atoms with E-state index in [9.17, 15) is 14.4 Å². The number of ether oxygens (including phenoxy) is 2. The maximum Gasteiger partial charge on any atom is 0.349 e. The molecule has 10 heteroatoms. The Balaban J connectivity index is 1.70. The molecule has 1 heterocycles. The molecule has 0 aliphatic rings. The Morgan fingerprint density at radius 3 is 2.32 bits per heavy atom. The van der Waals surface area contributed by atoms with E-state index < -0.39 is 23.4 Å². The summed E-state index contributed by atoms with van der Waals surface area (Å²) in [7, 11) is 0. The van der Waals surface area contributed by atoms with E-state index in [1.165, 1.54) is 6.26 Å². The molecule has 202 valence electrons. The van der Waals surface area contributed by atoms with Crippen molar-refractivity contribution in [2.45, 2.75) is 53.3 Å². The number of carbonyl (C=O) groups excluding carboxylic acids is 3. The minimum absolute atomic E-state index is 0.0241. The van der Waals surface area contributed by atoms with Gasteiger partial charge in [-0.05, 0) is 63.4 Å². The van der Waals surface area contributed by atoms with Crippen molar-refractivity contribution in [3.63, 3.8) is 0 Å². The summed E-state index contributed by atoms with van der Waals surface area (Å²) in [5.74, 6) is -0.190. The van der Waals surface area contributed by atoms with Gasteiger partial charge in [0.05, 0.1) is 25.9 Å². The highest BCUT2D eigenvalue weighted by molar-refractivity contribution is 5.95. The smallest absolute Gasteiger partial charge is 0.349 e. The Labute approximate surface area is 222 Å². The number of aromatic nitrogens is 1. The number of nitrogens with one attached hydrogen (secondary N) is 2. The summed E-state index contributed by atoms with van der Waals surface area (Å²) in [5.41, 5.74) is 6.79. The zero-order valence-corrected chi connectivity index (χ0v) is 22.4. The van der Waals surface area contributed by atoms with Gasteiger partial charge in [0.2, 0.25) is 5.89 Å². The van der Waals surface area contributed by atoms with E-state index in [4.69, 9.17) is 13.9 Å². The number of nitrogens with zero attached hydrogens (tertiary/aromatic N) is 2. The standard InChI is InChI=1S/C28H34N4O6/c1-6-36-27(35)28(4,5)38-25-19(2)14-21(15-20(25)3)16-32(18-24-29-12-13-37-24)17-23(33)30-31-26(34)22-10-8-7-9-11-22/h7-15H,6,16-18H2,1-5H3,(H,30,33)(H,31,34). The summed E-state index contributed by atoms with van der Waals surface area (Å²) in [6.45, 7) is 9.81. The zero-order chi connectivity index (χ0) is 27.7. The quantitative estimate of drug-likeness (QED) is 0.290. The molecular weight excluding hydrogens is 488 g/mol. The van der Waals surface area contributed by atoms with Gasteiger partial charge in [0, 0.05) is 12.1 Å². The number of hydrogen-bond acceptors (Lipinski definition) is 8. The first-order chi connectivity index (χ1) is 18.1. The summed E-state index contributed by atoms with van der Waals surface area (Å²) >= 11 is 0. The first-order valence-electron chi connectivity index (χ1n) is 12.3. The van der Waals surface area contributed by atoms with Crippen LogP contribution in [0.1, 0.15) is 53.7 Å². The third-order valence-corrected chi connectivity index (χ3v) is 5.61. The molecule has 3 aromatic rings. The lowest BCUT2D eigenvalue weighted by Gasteiger charge is -2.27. The normalized spacial score (nSPS) is 11.2. The molecule has 0 aliphatic heterocycles. The summed E-state index contributed by atoms with van der Waals surface area (Å²) in [5, 5.41) is 0. The van der Waals surface area contributed by atoms with Gasteiger partial charge in [-0.1, -0.05) is 30.3 Å². The molecule has 1 aromatic heterocycles. The van der Waals surface area contributed by atoms with Crippen LogP contribution in [0.15, 0.2) is 59.3 Å². The number of aryl methyl sites for hydroxylation is 2. The summed E-state index contributed by atoms with van der Waals surface area (Å²) < 4.78 is 16.6. The van der Waals surface area contributed by atoms with Gasteiger partial charge in [0.25, 0.3) is 11.8 Å². The van der Waals surface area contributed by atoms with Crippen LogP contribution >= 0.6 is 0 Å². The molecule has 2 N–H and O–H groups in total. The summed E-state index contributed by atoms with van der Waals surface area (Å²) in [6, 6.07) is 12.5. The maximum atomic E-state index is 12.7. The average Bonchev–Trinajstić information content (AvgIpc) is 3.38. The number of amides is 2. The fraction of sp³-hybridized carbons (Fsp3) is 0.357. The monoisotopic (exact) mass is 522 g/mol. The minimum atomic E-state index is -1.15. The molecule has 0 aliphatic carbocycles. The number of benzene rings is 2. The molecule has 10 nitrogen and oxygen atoms in total. The molecule has 0 spiro atoms. The van der Waals surface area contributed by atoms with Crippen molar-refractivity contribution in [3.8, 4) is 5.75 Å². The molecule has 38 heavy (non-hydrogen) atoms. The number of esters is 1. The fourth-order valence-electron chi connectivity index (χ4n) is 3.87. The molecular formula is C28H34N4O6. The predicted molar refractivity (Wildman–Crippen MR) is 140 cm³/mol. The van der Waals surface area contributed by atoms with Crippen LogP contribution in [0.5, 0.6) is 5.75 Å². The van der Waals surface area contributed by atoms with Gasteiger partial charge in [-0.15, -0.1) is 0 Å². The van der Waals surface area contributed by atoms with Gasteiger partial charge in [-0.2, -0.15) is 0 Å². The van der Waals surface area contributed by atoms with E-state index in [1.807, 2.05) is 30.9 Å². The number of rotatable bonds is 11. The number of carbonyl (C=O) groups is 3. The van der Waals surface area contributed by atoms with Gasteiger partial charge in [-0.25, -0.2) is 9.78 Å². The molecule has 0 saturated carbocycles. The van der Waals surface area contributed by atoms with Crippen LogP contribution in [0, 0.1) is 13.8 Å². The highest BCUT2D eigenvalue weighted by Crippen LogP contribution is 2.29. The Bertz CT molecular complexity index is 1220. The Morgan fingerprint density at radius 1 is 1.03 bits per heavy atom. The van der Waals surface area contributed by atoms with Crippen molar-refractivity contribution in [1.29, 1.82) is 0 Å². The van der Waals surface area contributed by atoms with Crippen molar-refractivity contribution in [3.05, 3.63) is 83.1 Å². The largest absolute Gasteiger partial charge is 0.476 e. The van der Waals surface area contributed by atoms with E-state index in [0.717, 1.165) is 16.7 Å². The molecule has 2 aromatic carbocycles. The van der Waals surface area contributed by atoms with Crippen LogP contribution in [-0.4, -0.2) is 46.4 Å². The first-order valence-corrected chi connectivity index (χ1v) is 12.3. The second-order valence-electron chi connectivity index (χ2n) is 9.33. The average molecular weight is 523 g/mol. The van der Waals surface area contributed by atoms with Crippen LogP contribution in [0.25, 0.3) is 0 Å². The summed E-state index contributed by atoms with van der Waals surface area (Å²) in [4.78, 5) is 43.3. The Kier molecular flexibility index (Phi) is 9.61. The SMILES string of the molecule is CCOC(=O)C(C)(C)Oc1c(C)cc(CN(CC(=O)NNC(=O)c2ccccc2)Cc2ncco2)cc1C. The third kappa shape index (κ3) is 7.91. The van der Waals surface area contributed by atoms with E-state index in [2.05, 4.69) is 15.8 Å². The topological polar surface area (TPSA) is 123 Å². The second kappa shape index (κ2) is 12.9. The lowest BCUT2D eigenvalue weighted by atomic mass is 10.0. The fourth-order valence-corrected chi connectivity index (χ4v) is 3.87. The third-order valence-electron chi connectivity index (χ3n) is 5.61. The number of oxazole rings is 1. The van der Waals surface area contributed by atoms with Crippen LogP contribution in [0.3, 0.4) is 0 Å². The molecule has 2 amide bonds. The van der Waals surface area contributed by atoms with E-state index in [-0.39, 0.29) is 19.7 Å². The highest BCUT2D eigenvalue weighted by Gasteiger charge is 2.32. The van der Waals surface area contributed by atoms with Gasteiger partial charge in [-0.3, -0.25) is 25.3 Å². The van der Waals surface area contributed by atoms with Gasteiger partial charge in [0.15, 0.2) is 5.60 Å². The molecule has 0 radical (unpaired) electrons. The molecule has 0 atom stereocenters. The highest BCUT2D eigenvalue weighted by atomic mass is 16.6. The van der Waals surface area contributed by atoms with Crippen LogP contribution < -0.4 is 15.6 Å². The van der Waals surface area contributed by atoms with Gasteiger partial charge < -0.3 is 13.9 Å². The van der Waals surface area contributed by atoms with Crippen molar-refractivity contribution in [2.24, 2.45) is 0 Å². The van der Waals surface area contributed by atoms with Crippen molar-refractivity contribution in [1.82, 2.24) is 20.7 Å². The first kappa shape index (κ1) is 28.4. The molecule has 0 bridgehead atoms. The molecule has 0 fully saturated rings. The zero-order valence-electron chi connectivity index (χ0n) is 22.4. The van der Waals surface area contributed by atoms with E-state index in [1.54, 1.807) is 57.3 Å². The van der Waals surface area contributed by atoms with E-state index in [0.29, 0.717) is 23.7 Å². The van der Waals surface area contributed by atoms with Gasteiger partial charge >= 0.3 is 5.97 Å². The van der Waals surface area contributed by atoms with Gasteiger partial charge in [0.1, 0.15) is 12.0 Å². The Morgan fingerprint density at radius 2 is 1.71 bits per heavy atom. The number of hydrogen-bond donors (Lipinski definition) is 2. The number of hydrazine groups is 1. The lowest BCUT2D eigenvalue weighted by Crippen LogP contribution is -2.46. The van der Waals surface area contributed by atoms with Crippen LogP contribution in [0.2, 0.25) is 0 Å². The molecule has 0 saturated heterocycles. The lowest BCUT2D eigenvalue weighted by molar-refractivity contribution is -0.158. The summed E-state index contributed by atoms with van der Waals surface area (Å²) in [6.07, 6.45) is 3.01. The Hall–Kier alpha value is -4.18. The van der Waals surface area contributed by atoms with Crippen molar-refractivity contribution >= 4 is 17.8 Å². The van der Waals surface area contributed by atoms with Crippen molar-refractivity contribution < 1.29 is 28.3 Å². The predicted octanol–water partition coefficient (Wildman–Crippen LogP) is 3.48. The van der Waals surface area contributed by atoms with Crippen LogP contribution in [0.4, 0.5) is 0 Å². The molecule has 3 rings (SSSR count). The van der Waals surface area contributed by atoms with Crippen molar-refractivity contribution in [2.75, 3.05) is 13.2 Å². The minimum Gasteiger partial charge on any atom is -0.476 e.